The predicted octanol–water partition coefficient (Wildman–Crippen LogP) is 6.48. The lowest BCUT2D eigenvalue weighted by Crippen LogP contribution is -2.55. The van der Waals surface area contributed by atoms with Crippen molar-refractivity contribution in [1.82, 2.24) is 40.8 Å². The molecule has 2 aromatic heterocycles. The molecule has 4 saturated carbocycles. The summed E-state index contributed by atoms with van der Waals surface area (Å²) in [4.78, 5) is 70.6. The first-order chi connectivity index (χ1) is 27.6. The molecule has 320 valence electrons. The summed E-state index contributed by atoms with van der Waals surface area (Å²) in [5.74, 6) is 3.77. The Morgan fingerprint density at radius 1 is 1.00 bits per heavy atom. The average Bonchev–Trinajstić information content (AvgIpc) is 4.00. The third-order valence-corrected chi connectivity index (χ3v) is 15.6. The highest BCUT2D eigenvalue weighted by Crippen LogP contribution is 2.68. The van der Waals surface area contributed by atoms with Crippen LogP contribution < -0.4 is 16.0 Å². The molecule has 4 aliphatic carbocycles. The molecule has 7 rings (SSSR count). The number of carbonyl (C=O) groups excluding carboxylic acids is 4. The number of likely N-dealkylation sites (tertiary alicyclic amines) is 1. The summed E-state index contributed by atoms with van der Waals surface area (Å²) in [6, 6.07) is -2.29. The van der Waals surface area contributed by atoms with E-state index in [-0.39, 0.29) is 31.2 Å². The maximum atomic E-state index is 14.4. The van der Waals surface area contributed by atoms with E-state index in [0.29, 0.717) is 47.7 Å². The molecule has 3 heterocycles. The van der Waals surface area contributed by atoms with E-state index in [1.165, 1.54) is 75.4 Å². The molecule has 5 N–H and O–H groups in total. The molecule has 13 heteroatoms. The van der Waals surface area contributed by atoms with Crippen LogP contribution in [0, 0.1) is 46.3 Å². The van der Waals surface area contributed by atoms with Crippen molar-refractivity contribution in [2.24, 2.45) is 46.3 Å². The number of amides is 4. The number of ether oxygens (including phenoxy) is 1. The molecule has 11 atom stereocenters. The molecule has 1 saturated heterocycles. The Labute approximate surface area is 345 Å². The van der Waals surface area contributed by atoms with Gasteiger partial charge in [-0.1, -0.05) is 33.6 Å². The number of aromatic amines is 2. The second-order valence-corrected chi connectivity index (χ2v) is 20.2. The van der Waals surface area contributed by atoms with Crippen molar-refractivity contribution >= 4 is 23.8 Å². The SMILES string of the molecule is C[C@H](CCC(=O)N[C@H]1C[C@@H](C(=O)NCCc2cnc[nH]2)N(C(=O)C(Cc2c[nH]cn2)NC(=O)OC(C)(C)C)C1)[C@H]1CCC2C3CCC4CCCC[C@]4(C)C3CC[C@@]21C. The molecule has 0 aromatic carbocycles. The number of H-pyrrole nitrogens is 2. The number of carbonyl (C=O) groups is 4. The number of imidazole rings is 2. The standard InChI is InChI=1S/C45H70N8O5/c1-28(34-13-14-35-33-12-11-29-9-7-8-18-44(29,5)36(33)16-19-45(34,35)6)10-15-39(54)51-32-22-38(40(55)48-20-17-30-23-46-26-49-30)53(25-32)41(56)37(21-31-24-47-27-50-31)52-42(57)58-43(2,3)4/h23-24,26-29,32-38H,7-22,25H2,1-6H3,(H,46,49)(H,47,50)(H,48,55)(H,51,54)(H,52,57)/t28-,29?,32+,33?,34-,35?,36?,37?,38+,44+,45-/m1/s1. The Balaban J connectivity index is 0.981. The van der Waals surface area contributed by atoms with E-state index in [1.807, 2.05) is 0 Å². The van der Waals surface area contributed by atoms with Gasteiger partial charge >= 0.3 is 6.09 Å². The van der Waals surface area contributed by atoms with Gasteiger partial charge in [0.2, 0.25) is 17.7 Å². The first-order valence-electron chi connectivity index (χ1n) is 22.5. The highest BCUT2D eigenvalue weighted by atomic mass is 16.6. The fourth-order valence-electron chi connectivity index (χ4n) is 12.9. The minimum absolute atomic E-state index is 0.0449. The summed E-state index contributed by atoms with van der Waals surface area (Å²) >= 11 is 0. The maximum absolute atomic E-state index is 14.4. The maximum Gasteiger partial charge on any atom is 0.408 e. The first-order valence-corrected chi connectivity index (χ1v) is 22.5. The van der Waals surface area contributed by atoms with E-state index in [9.17, 15) is 19.2 Å². The van der Waals surface area contributed by atoms with E-state index in [4.69, 9.17) is 4.74 Å². The Hall–Kier alpha value is -3.90. The van der Waals surface area contributed by atoms with E-state index in [0.717, 1.165) is 35.8 Å². The van der Waals surface area contributed by atoms with Crippen molar-refractivity contribution < 1.29 is 23.9 Å². The fourth-order valence-corrected chi connectivity index (χ4v) is 12.9. The van der Waals surface area contributed by atoms with Crippen LogP contribution in [0.5, 0.6) is 0 Å². The third-order valence-electron chi connectivity index (χ3n) is 15.6. The highest BCUT2D eigenvalue weighted by molar-refractivity contribution is 5.92. The number of hydrogen-bond acceptors (Lipinski definition) is 7. The summed E-state index contributed by atoms with van der Waals surface area (Å²) in [5.41, 5.74) is 1.58. The molecular formula is C45H70N8O5. The Morgan fingerprint density at radius 3 is 2.55 bits per heavy atom. The van der Waals surface area contributed by atoms with Gasteiger partial charge in [0.1, 0.15) is 17.7 Å². The van der Waals surface area contributed by atoms with Crippen LogP contribution in [0.3, 0.4) is 0 Å². The van der Waals surface area contributed by atoms with Crippen LogP contribution >= 0.6 is 0 Å². The minimum atomic E-state index is -1.04. The summed E-state index contributed by atoms with van der Waals surface area (Å²) in [5, 5.41) is 8.93. The predicted molar refractivity (Wildman–Crippen MR) is 221 cm³/mol. The van der Waals surface area contributed by atoms with E-state index < -0.39 is 35.7 Å². The summed E-state index contributed by atoms with van der Waals surface area (Å²) in [6.07, 6.45) is 21.8. The van der Waals surface area contributed by atoms with Gasteiger partial charge in [-0.15, -0.1) is 0 Å². The fraction of sp³-hybridized carbons (Fsp3) is 0.778. The molecule has 5 fully saturated rings. The van der Waals surface area contributed by atoms with Crippen molar-refractivity contribution in [3.63, 3.8) is 0 Å². The van der Waals surface area contributed by atoms with Gasteiger partial charge in [0, 0.05) is 56.5 Å². The molecule has 4 amide bonds. The lowest BCUT2D eigenvalue weighted by Gasteiger charge is -2.61. The van der Waals surface area contributed by atoms with Gasteiger partial charge in [-0.3, -0.25) is 14.4 Å². The molecule has 0 bridgehead atoms. The topological polar surface area (TPSA) is 174 Å². The molecule has 0 spiro atoms. The molecule has 13 nitrogen and oxygen atoms in total. The average molecular weight is 803 g/mol. The van der Waals surface area contributed by atoms with Gasteiger partial charge in [-0.05, 0) is 131 Å². The second kappa shape index (κ2) is 17.4. The first kappa shape index (κ1) is 42.2. The Morgan fingerprint density at radius 2 is 1.81 bits per heavy atom. The Kier molecular flexibility index (Phi) is 12.6. The molecule has 58 heavy (non-hydrogen) atoms. The van der Waals surface area contributed by atoms with Crippen molar-refractivity contribution in [1.29, 1.82) is 0 Å². The van der Waals surface area contributed by atoms with Gasteiger partial charge in [0.15, 0.2) is 0 Å². The highest BCUT2D eigenvalue weighted by Gasteiger charge is 2.60. The zero-order valence-electron chi connectivity index (χ0n) is 35.9. The van der Waals surface area contributed by atoms with E-state index >= 15 is 0 Å². The summed E-state index contributed by atoms with van der Waals surface area (Å²) < 4.78 is 5.51. The molecule has 5 aliphatic rings. The zero-order valence-corrected chi connectivity index (χ0v) is 35.9. The molecular weight excluding hydrogens is 733 g/mol. The number of aromatic nitrogens is 4. The van der Waals surface area contributed by atoms with Crippen molar-refractivity contribution in [2.45, 2.75) is 162 Å². The molecule has 5 unspecified atom stereocenters. The zero-order chi connectivity index (χ0) is 41.2. The molecule has 1 aliphatic heterocycles. The van der Waals surface area contributed by atoms with Gasteiger partial charge in [0.05, 0.1) is 18.3 Å². The van der Waals surface area contributed by atoms with Gasteiger partial charge < -0.3 is 35.6 Å². The van der Waals surface area contributed by atoms with Crippen LogP contribution in [0.2, 0.25) is 0 Å². The number of fused-ring (bicyclic) bond motifs is 5. The van der Waals surface area contributed by atoms with Gasteiger partial charge in [0.25, 0.3) is 0 Å². The van der Waals surface area contributed by atoms with Crippen LogP contribution in [0.15, 0.2) is 25.0 Å². The van der Waals surface area contributed by atoms with Crippen LogP contribution in [0.25, 0.3) is 0 Å². The van der Waals surface area contributed by atoms with Crippen molar-refractivity contribution in [3.8, 4) is 0 Å². The van der Waals surface area contributed by atoms with E-state index in [2.05, 4.69) is 56.7 Å². The smallest absolute Gasteiger partial charge is 0.408 e. The number of nitrogens with zero attached hydrogens (tertiary/aromatic N) is 3. The molecule has 0 radical (unpaired) electrons. The summed E-state index contributed by atoms with van der Waals surface area (Å²) in [7, 11) is 0. The number of hydrogen-bond donors (Lipinski definition) is 5. The van der Waals surface area contributed by atoms with Crippen LogP contribution in [-0.2, 0) is 32.0 Å². The summed E-state index contributed by atoms with van der Waals surface area (Å²) in [6.45, 7) is 13.4. The van der Waals surface area contributed by atoms with Crippen LogP contribution in [0.4, 0.5) is 4.79 Å². The number of nitrogens with one attached hydrogen (secondary N) is 5. The Bertz CT molecular complexity index is 1730. The monoisotopic (exact) mass is 803 g/mol. The number of alkyl carbamates (subject to hydrolysis) is 1. The largest absolute Gasteiger partial charge is 0.444 e. The minimum Gasteiger partial charge on any atom is -0.444 e. The molecule has 2 aromatic rings. The lowest BCUT2D eigenvalue weighted by atomic mass is 9.44. The van der Waals surface area contributed by atoms with Gasteiger partial charge in [-0.2, -0.15) is 0 Å². The van der Waals surface area contributed by atoms with Crippen molar-refractivity contribution in [2.75, 3.05) is 13.1 Å². The van der Waals surface area contributed by atoms with E-state index in [1.54, 1.807) is 39.5 Å². The van der Waals surface area contributed by atoms with Crippen molar-refractivity contribution in [3.05, 3.63) is 36.4 Å². The van der Waals surface area contributed by atoms with Crippen LogP contribution in [0.1, 0.15) is 136 Å². The van der Waals surface area contributed by atoms with Gasteiger partial charge in [-0.25, -0.2) is 14.8 Å². The lowest BCUT2D eigenvalue weighted by molar-refractivity contribution is -0.140. The normalized spacial score (nSPS) is 32.9. The third kappa shape index (κ3) is 9.13. The number of rotatable bonds is 13. The second-order valence-electron chi connectivity index (χ2n) is 20.2. The van der Waals surface area contributed by atoms with Crippen LogP contribution in [-0.4, -0.2) is 85.5 Å². The quantitative estimate of drug-likeness (QED) is 0.154.